The average Bonchev–Trinajstić information content (AvgIpc) is 2.45. The number of piperidine rings is 1. The third-order valence-corrected chi connectivity index (χ3v) is 5.05. The van der Waals surface area contributed by atoms with Crippen LogP contribution in [0.1, 0.15) is 57.8 Å². The van der Waals surface area contributed by atoms with Gasteiger partial charge in [0.1, 0.15) is 0 Å². The lowest BCUT2D eigenvalue weighted by atomic mass is 9.83. The largest absolute Gasteiger partial charge is 0.370 e. The van der Waals surface area contributed by atoms with Crippen LogP contribution in [0, 0.1) is 11.8 Å². The maximum absolute atomic E-state index is 12.3. The highest BCUT2D eigenvalue weighted by Crippen LogP contribution is 2.27. The van der Waals surface area contributed by atoms with E-state index >= 15 is 0 Å². The smallest absolute Gasteiger partial charge is 0.222 e. The minimum Gasteiger partial charge on any atom is -0.370 e. The number of hydrogen-bond acceptors (Lipinski definition) is 3. The van der Waals surface area contributed by atoms with Crippen LogP contribution in [0.2, 0.25) is 0 Å². The Labute approximate surface area is 127 Å². The van der Waals surface area contributed by atoms with E-state index in [1.807, 2.05) is 4.90 Å². The van der Waals surface area contributed by atoms with E-state index in [0.29, 0.717) is 30.7 Å². The van der Waals surface area contributed by atoms with E-state index in [1.54, 1.807) is 0 Å². The third-order valence-electron chi connectivity index (χ3n) is 5.05. The Morgan fingerprint density at radius 3 is 2.38 bits per heavy atom. The average molecular weight is 295 g/mol. The molecule has 1 heterocycles. The lowest BCUT2D eigenvalue weighted by Crippen LogP contribution is -2.39. The second-order valence-corrected chi connectivity index (χ2v) is 6.83. The van der Waals surface area contributed by atoms with Gasteiger partial charge in [0.2, 0.25) is 11.8 Å². The number of nitrogens with zero attached hydrogens (tertiary/aromatic N) is 1. The molecule has 2 aliphatic rings. The van der Waals surface area contributed by atoms with Crippen LogP contribution in [0.3, 0.4) is 0 Å². The zero-order valence-corrected chi connectivity index (χ0v) is 12.9. The highest BCUT2D eigenvalue weighted by Gasteiger charge is 2.25. The summed E-state index contributed by atoms with van der Waals surface area (Å²) in [7, 11) is 0. The molecule has 1 aliphatic carbocycles. The molecule has 120 valence electrons. The number of likely N-dealkylation sites (tertiary alicyclic amines) is 1. The highest BCUT2D eigenvalue weighted by atomic mass is 16.2. The van der Waals surface area contributed by atoms with Gasteiger partial charge in [-0.05, 0) is 43.9 Å². The highest BCUT2D eigenvalue weighted by molar-refractivity contribution is 5.76. The first-order valence-corrected chi connectivity index (χ1v) is 8.36. The number of hydrogen-bond donors (Lipinski definition) is 2. The molecule has 0 aromatic carbocycles. The van der Waals surface area contributed by atoms with E-state index in [2.05, 4.69) is 0 Å². The van der Waals surface area contributed by atoms with E-state index in [4.69, 9.17) is 11.5 Å². The van der Waals surface area contributed by atoms with Crippen molar-refractivity contribution < 1.29 is 9.59 Å². The maximum Gasteiger partial charge on any atom is 0.222 e. The van der Waals surface area contributed by atoms with E-state index in [9.17, 15) is 9.59 Å². The fraction of sp³-hybridized carbons (Fsp3) is 0.875. The molecule has 2 atom stereocenters. The van der Waals surface area contributed by atoms with E-state index in [-0.39, 0.29) is 11.8 Å². The summed E-state index contributed by atoms with van der Waals surface area (Å²) in [5, 5.41) is 0. The monoisotopic (exact) mass is 295 g/mol. The Hall–Kier alpha value is -1.10. The van der Waals surface area contributed by atoms with Crippen LogP contribution >= 0.6 is 0 Å². The number of nitrogens with two attached hydrogens (primary N) is 2. The normalized spacial score (nSPS) is 27.6. The first-order valence-electron chi connectivity index (χ1n) is 8.36. The first kappa shape index (κ1) is 16.3. The summed E-state index contributed by atoms with van der Waals surface area (Å²) in [6.45, 7) is 1.56. The van der Waals surface area contributed by atoms with Gasteiger partial charge in [-0.2, -0.15) is 0 Å². The summed E-state index contributed by atoms with van der Waals surface area (Å²) in [6.07, 6.45) is 8.55. The number of carbonyl (C=O) groups excluding carboxylic acids is 2. The molecule has 2 fully saturated rings. The number of amides is 2. The van der Waals surface area contributed by atoms with Gasteiger partial charge in [0.15, 0.2) is 0 Å². The minimum absolute atomic E-state index is 0.228. The lowest BCUT2D eigenvalue weighted by molar-refractivity contribution is -0.133. The van der Waals surface area contributed by atoms with Gasteiger partial charge in [-0.3, -0.25) is 9.59 Å². The van der Waals surface area contributed by atoms with Crippen molar-refractivity contribution in [2.24, 2.45) is 23.3 Å². The SMILES string of the molecule is NC(=O)CC1CCN(C(=O)CCC2CCCC(N)C2)CC1. The van der Waals surface area contributed by atoms with E-state index in [0.717, 1.165) is 45.2 Å². The summed E-state index contributed by atoms with van der Waals surface area (Å²) in [4.78, 5) is 25.1. The summed E-state index contributed by atoms with van der Waals surface area (Å²) in [5.41, 5.74) is 11.2. The van der Waals surface area contributed by atoms with Crippen molar-refractivity contribution in [3.05, 3.63) is 0 Å². The predicted molar refractivity (Wildman–Crippen MR) is 82.3 cm³/mol. The van der Waals surface area contributed by atoms with Crippen LogP contribution in [-0.4, -0.2) is 35.8 Å². The molecule has 0 aromatic rings. The third kappa shape index (κ3) is 5.30. The Morgan fingerprint density at radius 2 is 1.76 bits per heavy atom. The van der Waals surface area contributed by atoms with E-state index < -0.39 is 0 Å². The number of rotatable bonds is 5. The van der Waals surface area contributed by atoms with Crippen molar-refractivity contribution >= 4 is 11.8 Å². The van der Waals surface area contributed by atoms with Gasteiger partial charge in [-0.25, -0.2) is 0 Å². The van der Waals surface area contributed by atoms with Gasteiger partial charge in [0.25, 0.3) is 0 Å². The predicted octanol–water partition coefficient (Wildman–Crippen LogP) is 1.40. The van der Waals surface area contributed by atoms with Crippen molar-refractivity contribution in [1.29, 1.82) is 0 Å². The second-order valence-electron chi connectivity index (χ2n) is 6.83. The van der Waals surface area contributed by atoms with Crippen molar-refractivity contribution in [3.8, 4) is 0 Å². The molecule has 1 saturated carbocycles. The Kier molecular flexibility index (Phi) is 6.03. The summed E-state index contributed by atoms with van der Waals surface area (Å²) >= 11 is 0. The molecule has 0 radical (unpaired) electrons. The van der Waals surface area contributed by atoms with Crippen LogP contribution in [0.4, 0.5) is 0 Å². The van der Waals surface area contributed by atoms with Gasteiger partial charge in [0, 0.05) is 32.0 Å². The lowest BCUT2D eigenvalue weighted by Gasteiger charge is -2.32. The summed E-state index contributed by atoms with van der Waals surface area (Å²) in [5.74, 6) is 1.04. The minimum atomic E-state index is -0.228. The molecule has 0 bridgehead atoms. The van der Waals surface area contributed by atoms with Crippen molar-refractivity contribution in [2.45, 2.75) is 63.8 Å². The van der Waals surface area contributed by atoms with Crippen LogP contribution in [0.15, 0.2) is 0 Å². The fourth-order valence-electron chi connectivity index (χ4n) is 3.75. The van der Waals surface area contributed by atoms with Gasteiger partial charge in [-0.15, -0.1) is 0 Å². The van der Waals surface area contributed by atoms with Crippen LogP contribution in [0.25, 0.3) is 0 Å². The summed E-state index contributed by atoms with van der Waals surface area (Å²) in [6, 6.07) is 0.336. The molecule has 2 rings (SSSR count). The fourth-order valence-corrected chi connectivity index (χ4v) is 3.75. The Balaban J connectivity index is 1.66. The molecular weight excluding hydrogens is 266 g/mol. The van der Waals surface area contributed by atoms with Gasteiger partial charge in [0.05, 0.1) is 0 Å². The first-order chi connectivity index (χ1) is 10.0. The zero-order valence-electron chi connectivity index (χ0n) is 12.9. The zero-order chi connectivity index (χ0) is 15.2. The second kappa shape index (κ2) is 7.78. The molecule has 0 aromatic heterocycles. The quantitative estimate of drug-likeness (QED) is 0.803. The molecular formula is C16H29N3O2. The molecule has 4 N–H and O–H groups in total. The standard InChI is InChI=1S/C16H29N3O2/c17-14-3-1-2-12(10-14)4-5-16(21)19-8-6-13(7-9-19)11-15(18)20/h12-14H,1-11,17H2,(H2,18,20). The molecule has 1 saturated heterocycles. The molecule has 0 spiro atoms. The van der Waals surface area contributed by atoms with Crippen molar-refractivity contribution in [3.63, 3.8) is 0 Å². The van der Waals surface area contributed by atoms with Crippen LogP contribution in [0.5, 0.6) is 0 Å². The van der Waals surface area contributed by atoms with Gasteiger partial charge < -0.3 is 16.4 Å². The molecule has 2 amide bonds. The summed E-state index contributed by atoms with van der Waals surface area (Å²) < 4.78 is 0. The number of primary amides is 1. The molecule has 5 nitrogen and oxygen atoms in total. The van der Waals surface area contributed by atoms with Crippen molar-refractivity contribution in [1.82, 2.24) is 4.90 Å². The van der Waals surface area contributed by atoms with Crippen LogP contribution in [-0.2, 0) is 9.59 Å². The maximum atomic E-state index is 12.3. The van der Waals surface area contributed by atoms with Crippen LogP contribution < -0.4 is 11.5 Å². The Bertz CT molecular complexity index is 365. The molecule has 5 heteroatoms. The van der Waals surface area contributed by atoms with Gasteiger partial charge >= 0.3 is 0 Å². The Morgan fingerprint density at radius 1 is 1.05 bits per heavy atom. The van der Waals surface area contributed by atoms with Gasteiger partial charge in [-0.1, -0.05) is 12.8 Å². The molecule has 2 unspecified atom stereocenters. The number of carbonyl (C=O) groups is 2. The molecule has 1 aliphatic heterocycles. The van der Waals surface area contributed by atoms with Crippen molar-refractivity contribution in [2.75, 3.05) is 13.1 Å². The van der Waals surface area contributed by atoms with E-state index in [1.165, 1.54) is 12.8 Å². The molecule has 21 heavy (non-hydrogen) atoms. The topological polar surface area (TPSA) is 89.4 Å².